The number of hydrogen-bond donors (Lipinski definition) is 2. The van der Waals surface area contributed by atoms with Gasteiger partial charge in [-0.15, -0.1) is 11.3 Å². The molecule has 2 N–H and O–H groups in total. The number of rotatable bonds is 7. The Hall–Kier alpha value is -2.61. The number of aromatic nitrogens is 1. The molecule has 1 unspecified atom stereocenters. The molecule has 0 radical (unpaired) electrons. The number of nitrogens with one attached hydrogen (secondary N) is 2. The van der Waals surface area contributed by atoms with Gasteiger partial charge < -0.3 is 10.6 Å². The number of thiazole rings is 1. The number of hydrogen-bond acceptors (Lipinski definition) is 5. The summed E-state index contributed by atoms with van der Waals surface area (Å²) in [6.45, 7) is 0.770. The maximum atomic E-state index is 14.7. The Balaban J connectivity index is 1.52. The third-order valence-corrected chi connectivity index (χ3v) is 7.82. The zero-order valence-electron chi connectivity index (χ0n) is 18.5. The van der Waals surface area contributed by atoms with E-state index in [1.807, 2.05) is 0 Å². The van der Waals surface area contributed by atoms with Crippen LogP contribution in [0.25, 0.3) is 10.4 Å². The summed E-state index contributed by atoms with van der Waals surface area (Å²) in [6, 6.07) is 12.0. The van der Waals surface area contributed by atoms with Gasteiger partial charge in [0.25, 0.3) is 5.91 Å². The number of carbonyl (C=O) groups excluding carboxylic acids is 2. The van der Waals surface area contributed by atoms with Gasteiger partial charge in [0, 0.05) is 28.1 Å². The molecule has 1 saturated heterocycles. The molecule has 2 aliphatic rings. The van der Waals surface area contributed by atoms with Crippen molar-refractivity contribution in [1.29, 1.82) is 0 Å². The fraction of sp³-hybridized carbons (Fsp3) is 0.346. The average Bonchev–Trinajstić information content (AvgIpc) is 3.61. The van der Waals surface area contributed by atoms with E-state index in [9.17, 15) is 14.0 Å². The number of nitrogens with zero attached hydrogens (tertiary/aromatic N) is 1. The summed E-state index contributed by atoms with van der Waals surface area (Å²) in [5.74, 6) is -0.739. The molecule has 2 atom stereocenters. The second kappa shape index (κ2) is 9.94. The predicted molar refractivity (Wildman–Crippen MR) is 132 cm³/mol. The molecular formula is C26H25ClFN3O2S. The second-order valence-corrected chi connectivity index (χ2v) is 10.3. The third kappa shape index (κ3) is 4.92. The maximum Gasteiger partial charge on any atom is 0.251 e. The first kappa shape index (κ1) is 23.1. The summed E-state index contributed by atoms with van der Waals surface area (Å²) in [4.78, 5) is 32.3. The molecule has 2 aromatic carbocycles. The van der Waals surface area contributed by atoms with Crippen molar-refractivity contribution in [3.8, 4) is 10.4 Å². The number of benzene rings is 2. The average molecular weight is 498 g/mol. The monoisotopic (exact) mass is 497 g/mol. The van der Waals surface area contributed by atoms with Gasteiger partial charge >= 0.3 is 0 Å². The number of Topliss-reactive ketones (excluding diaryl/α,β-unsaturated/α-hetero) is 1. The van der Waals surface area contributed by atoms with Crippen molar-refractivity contribution >= 4 is 34.6 Å². The Morgan fingerprint density at radius 2 is 1.94 bits per heavy atom. The van der Waals surface area contributed by atoms with Gasteiger partial charge in [0.15, 0.2) is 0 Å². The fourth-order valence-corrected chi connectivity index (χ4v) is 5.81. The first-order valence-electron chi connectivity index (χ1n) is 11.6. The maximum absolute atomic E-state index is 14.7. The Morgan fingerprint density at radius 1 is 1.12 bits per heavy atom. The lowest BCUT2D eigenvalue weighted by Gasteiger charge is -2.31. The lowest BCUT2D eigenvalue weighted by molar-refractivity contribution is 0.0823. The molecule has 0 spiro atoms. The highest BCUT2D eigenvalue weighted by Crippen LogP contribution is 2.45. The molecule has 5 rings (SSSR count). The number of ketones is 1. The van der Waals surface area contributed by atoms with Crippen LogP contribution in [0.5, 0.6) is 0 Å². The van der Waals surface area contributed by atoms with Gasteiger partial charge in [0.1, 0.15) is 17.6 Å². The van der Waals surface area contributed by atoms with E-state index >= 15 is 0 Å². The molecule has 2 fully saturated rings. The number of amides is 1. The lowest BCUT2D eigenvalue weighted by atomic mass is 9.92. The van der Waals surface area contributed by atoms with Crippen molar-refractivity contribution in [1.82, 2.24) is 15.6 Å². The van der Waals surface area contributed by atoms with Gasteiger partial charge in [-0.05, 0) is 56.5 Å². The number of piperidine rings is 1. The van der Waals surface area contributed by atoms with Crippen LogP contribution in [-0.4, -0.2) is 35.3 Å². The van der Waals surface area contributed by atoms with Gasteiger partial charge in [0.05, 0.1) is 9.88 Å². The Labute approximate surface area is 206 Å². The molecule has 1 aliphatic carbocycles. The smallest absolute Gasteiger partial charge is 0.251 e. The van der Waals surface area contributed by atoms with Crippen LogP contribution in [0.4, 0.5) is 4.39 Å². The highest BCUT2D eigenvalue weighted by atomic mass is 35.5. The van der Waals surface area contributed by atoms with E-state index in [0.717, 1.165) is 43.7 Å². The van der Waals surface area contributed by atoms with Crippen LogP contribution in [-0.2, 0) is 0 Å². The molecule has 2 heterocycles. The van der Waals surface area contributed by atoms with Crippen molar-refractivity contribution in [2.75, 3.05) is 6.54 Å². The van der Waals surface area contributed by atoms with Crippen LogP contribution in [0.15, 0.2) is 48.5 Å². The molecule has 1 aliphatic heterocycles. The summed E-state index contributed by atoms with van der Waals surface area (Å²) in [5, 5.41) is 7.63. The van der Waals surface area contributed by atoms with E-state index in [1.165, 1.54) is 17.4 Å². The number of carbonyl (C=O) groups is 2. The zero-order valence-corrected chi connectivity index (χ0v) is 20.1. The van der Waals surface area contributed by atoms with Gasteiger partial charge in [0.2, 0.25) is 5.78 Å². The van der Waals surface area contributed by atoms with Crippen LogP contribution in [0.2, 0.25) is 5.02 Å². The largest absolute Gasteiger partial charge is 0.340 e. The summed E-state index contributed by atoms with van der Waals surface area (Å²) >= 11 is 7.46. The first-order chi connectivity index (χ1) is 16.5. The van der Waals surface area contributed by atoms with Crippen molar-refractivity contribution < 1.29 is 14.0 Å². The molecule has 1 aromatic heterocycles. The summed E-state index contributed by atoms with van der Waals surface area (Å²) in [7, 11) is 0. The van der Waals surface area contributed by atoms with Crippen molar-refractivity contribution in [3.63, 3.8) is 0 Å². The molecule has 1 saturated carbocycles. The number of halogens is 2. The SMILES string of the molecule is O=C(N[C@H](C(=O)c1nc(C2CC2)sc1-c1ccccc1F)C1CCCCN1)c1cccc(Cl)c1. The molecule has 176 valence electrons. The minimum Gasteiger partial charge on any atom is -0.340 e. The summed E-state index contributed by atoms with van der Waals surface area (Å²) in [6.07, 6.45) is 4.77. The van der Waals surface area contributed by atoms with Crippen molar-refractivity contribution in [2.24, 2.45) is 0 Å². The van der Waals surface area contributed by atoms with Gasteiger partial charge in [-0.25, -0.2) is 9.37 Å². The van der Waals surface area contributed by atoms with E-state index in [4.69, 9.17) is 16.6 Å². The Kier molecular flexibility index (Phi) is 6.77. The minimum atomic E-state index is -0.827. The normalized spacial score (nSPS) is 18.9. The predicted octanol–water partition coefficient (Wildman–Crippen LogP) is 5.60. The quantitative estimate of drug-likeness (QED) is 0.416. The summed E-state index contributed by atoms with van der Waals surface area (Å²) < 4.78 is 14.7. The van der Waals surface area contributed by atoms with E-state index in [2.05, 4.69) is 10.6 Å². The van der Waals surface area contributed by atoms with Gasteiger partial charge in [-0.1, -0.05) is 42.3 Å². The van der Waals surface area contributed by atoms with E-state index < -0.39 is 11.9 Å². The van der Waals surface area contributed by atoms with Crippen LogP contribution in [0, 0.1) is 5.82 Å². The van der Waals surface area contributed by atoms with Crippen LogP contribution < -0.4 is 10.6 Å². The third-order valence-electron chi connectivity index (χ3n) is 6.33. The van der Waals surface area contributed by atoms with Gasteiger partial charge in [-0.2, -0.15) is 0 Å². The van der Waals surface area contributed by atoms with Crippen LogP contribution >= 0.6 is 22.9 Å². The Morgan fingerprint density at radius 3 is 2.65 bits per heavy atom. The van der Waals surface area contributed by atoms with Crippen LogP contribution in [0.3, 0.4) is 0 Å². The highest BCUT2D eigenvalue weighted by Gasteiger charge is 2.37. The van der Waals surface area contributed by atoms with E-state index in [0.29, 0.717) is 26.9 Å². The highest BCUT2D eigenvalue weighted by molar-refractivity contribution is 7.15. The Bertz CT molecular complexity index is 1220. The molecule has 3 aromatic rings. The molecular weight excluding hydrogens is 473 g/mol. The molecule has 0 bridgehead atoms. The van der Waals surface area contributed by atoms with Crippen LogP contribution in [0.1, 0.15) is 63.9 Å². The minimum absolute atomic E-state index is 0.232. The molecule has 1 amide bonds. The van der Waals surface area contributed by atoms with Gasteiger partial charge in [-0.3, -0.25) is 9.59 Å². The van der Waals surface area contributed by atoms with Crippen molar-refractivity contribution in [2.45, 2.75) is 50.1 Å². The molecule has 8 heteroatoms. The fourth-order valence-electron chi connectivity index (χ4n) is 4.35. The second-order valence-electron chi connectivity index (χ2n) is 8.87. The first-order valence-corrected chi connectivity index (χ1v) is 12.8. The molecule has 34 heavy (non-hydrogen) atoms. The standard InChI is InChI=1S/C26H25ClFN3O2S/c27-17-7-5-6-16(14-17)25(33)30-21(20-10-3-4-13-29-20)23(32)22-24(18-8-1-2-9-19(18)28)34-26(31-22)15-11-12-15/h1-2,5-9,14-15,20-21,29H,3-4,10-13H2,(H,30,33)/t20?,21-/m0/s1. The lowest BCUT2D eigenvalue weighted by Crippen LogP contribution is -2.55. The zero-order chi connectivity index (χ0) is 23.7. The van der Waals surface area contributed by atoms with E-state index in [1.54, 1.807) is 42.5 Å². The topological polar surface area (TPSA) is 71.1 Å². The molecule has 5 nitrogen and oxygen atoms in total. The van der Waals surface area contributed by atoms with E-state index in [-0.39, 0.29) is 23.4 Å². The van der Waals surface area contributed by atoms with Crippen molar-refractivity contribution in [3.05, 3.63) is 75.6 Å². The summed E-state index contributed by atoms with van der Waals surface area (Å²) in [5.41, 5.74) is 0.986.